The first kappa shape index (κ1) is 13.0. The fourth-order valence-corrected chi connectivity index (χ4v) is 2.06. The number of hydrogen-bond donors (Lipinski definition) is 1. The molecule has 2 N–H and O–H groups in total. The number of halogens is 2. The van der Waals surface area contributed by atoms with Gasteiger partial charge in [0.1, 0.15) is 11.6 Å². The standard InChI is InChI=1S/C14H15ClFNO/c1-9-2-3-11(16)6-10(9)8-18-14-5-4-12(17)7-13(14)15/h2-7,9-10H,8,17H2,1H3. The predicted octanol–water partition coefficient (Wildman–Crippen LogP) is 3.98. The lowest BCUT2D eigenvalue weighted by Crippen LogP contribution is -2.18. The van der Waals surface area contributed by atoms with Crippen molar-refractivity contribution in [2.45, 2.75) is 6.92 Å². The fraction of sp³-hybridized carbons (Fsp3) is 0.286. The van der Waals surface area contributed by atoms with E-state index in [9.17, 15) is 4.39 Å². The molecule has 0 bridgehead atoms. The van der Waals surface area contributed by atoms with E-state index in [1.807, 2.05) is 13.0 Å². The maximum absolute atomic E-state index is 13.1. The van der Waals surface area contributed by atoms with Crippen LogP contribution in [0.15, 0.2) is 42.3 Å². The number of hydrogen-bond acceptors (Lipinski definition) is 2. The normalized spacial score (nSPS) is 22.7. The smallest absolute Gasteiger partial charge is 0.138 e. The first-order valence-electron chi connectivity index (χ1n) is 5.79. The van der Waals surface area contributed by atoms with Gasteiger partial charge in [0.05, 0.1) is 11.6 Å². The summed E-state index contributed by atoms with van der Waals surface area (Å²) in [5, 5.41) is 0.471. The Hall–Kier alpha value is -1.48. The molecule has 0 spiro atoms. The molecule has 1 aliphatic carbocycles. The molecule has 0 saturated carbocycles. The van der Waals surface area contributed by atoms with Crippen LogP contribution in [0.2, 0.25) is 5.02 Å². The Morgan fingerprint density at radius 1 is 1.44 bits per heavy atom. The van der Waals surface area contributed by atoms with Crippen LogP contribution in [0.4, 0.5) is 10.1 Å². The van der Waals surface area contributed by atoms with Crippen LogP contribution in [0.25, 0.3) is 0 Å². The number of nitrogens with two attached hydrogens (primary N) is 1. The van der Waals surface area contributed by atoms with Crippen LogP contribution in [0.5, 0.6) is 5.75 Å². The molecule has 2 atom stereocenters. The van der Waals surface area contributed by atoms with Gasteiger partial charge in [-0.1, -0.05) is 24.6 Å². The minimum atomic E-state index is -0.217. The van der Waals surface area contributed by atoms with Crippen molar-refractivity contribution in [3.8, 4) is 5.75 Å². The van der Waals surface area contributed by atoms with Crippen molar-refractivity contribution >= 4 is 17.3 Å². The molecule has 4 heteroatoms. The first-order chi connectivity index (χ1) is 8.56. The highest BCUT2D eigenvalue weighted by molar-refractivity contribution is 6.32. The minimum absolute atomic E-state index is 0.0172. The van der Waals surface area contributed by atoms with Gasteiger partial charge in [0.25, 0.3) is 0 Å². The van der Waals surface area contributed by atoms with E-state index < -0.39 is 0 Å². The van der Waals surface area contributed by atoms with Gasteiger partial charge in [-0.3, -0.25) is 0 Å². The van der Waals surface area contributed by atoms with Crippen LogP contribution in [-0.4, -0.2) is 6.61 Å². The Labute approximate surface area is 111 Å². The number of benzene rings is 1. The maximum atomic E-state index is 13.1. The van der Waals surface area contributed by atoms with Gasteiger partial charge >= 0.3 is 0 Å². The fourth-order valence-electron chi connectivity index (χ4n) is 1.82. The summed E-state index contributed by atoms with van der Waals surface area (Å²) in [6, 6.07) is 5.08. The summed E-state index contributed by atoms with van der Waals surface area (Å²) >= 11 is 6.00. The van der Waals surface area contributed by atoms with Crippen molar-refractivity contribution in [3.05, 3.63) is 47.3 Å². The molecule has 0 aliphatic heterocycles. The molecule has 96 valence electrons. The third-order valence-corrected chi connectivity index (χ3v) is 3.29. The number of nitrogen functional groups attached to an aromatic ring is 1. The Bertz CT molecular complexity index is 499. The molecule has 2 nitrogen and oxygen atoms in total. The number of anilines is 1. The molecule has 1 aromatic carbocycles. The highest BCUT2D eigenvalue weighted by Crippen LogP contribution is 2.29. The first-order valence-corrected chi connectivity index (χ1v) is 6.17. The molecule has 18 heavy (non-hydrogen) atoms. The van der Waals surface area contributed by atoms with Crippen molar-refractivity contribution < 1.29 is 9.13 Å². The second-order valence-corrected chi connectivity index (χ2v) is 4.84. The van der Waals surface area contributed by atoms with E-state index >= 15 is 0 Å². The largest absolute Gasteiger partial charge is 0.491 e. The Morgan fingerprint density at radius 3 is 2.94 bits per heavy atom. The molecule has 0 saturated heterocycles. The van der Waals surface area contributed by atoms with Gasteiger partial charge in [-0.2, -0.15) is 0 Å². The van der Waals surface area contributed by atoms with Crippen LogP contribution >= 0.6 is 11.6 Å². The summed E-state index contributed by atoms with van der Waals surface area (Å²) in [5.74, 6) is 0.618. The Kier molecular flexibility index (Phi) is 3.92. The van der Waals surface area contributed by atoms with E-state index in [0.717, 1.165) is 0 Å². The molecular weight excluding hydrogens is 253 g/mol. The number of ether oxygens (including phenoxy) is 1. The van der Waals surface area contributed by atoms with Gasteiger partial charge in [0.15, 0.2) is 0 Å². The molecule has 0 radical (unpaired) electrons. The third kappa shape index (κ3) is 3.05. The summed E-state index contributed by atoms with van der Waals surface area (Å²) in [7, 11) is 0. The van der Waals surface area contributed by atoms with Gasteiger partial charge in [-0.25, -0.2) is 4.39 Å². The van der Waals surface area contributed by atoms with Crippen molar-refractivity contribution in [1.82, 2.24) is 0 Å². The summed E-state index contributed by atoms with van der Waals surface area (Å²) in [4.78, 5) is 0. The van der Waals surface area contributed by atoms with E-state index in [4.69, 9.17) is 22.1 Å². The predicted molar refractivity (Wildman–Crippen MR) is 72.3 cm³/mol. The van der Waals surface area contributed by atoms with Crippen LogP contribution in [0, 0.1) is 11.8 Å². The van der Waals surface area contributed by atoms with Crippen molar-refractivity contribution in [2.75, 3.05) is 12.3 Å². The molecular formula is C14H15ClFNO. The average molecular weight is 268 g/mol. The van der Waals surface area contributed by atoms with Crippen LogP contribution in [0.3, 0.4) is 0 Å². The summed E-state index contributed by atoms with van der Waals surface area (Å²) in [6.07, 6.45) is 4.90. The molecule has 0 aromatic heterocycles. The highest BCUT2D eigenvalue weighted by atomic mass is 35.5. The lowest BCUT2D eigenvalue weighted by molar-refractivity contribution is 0.248. The zero-order chi connectivity index (χ0) is 13.1. The lowest BCUT2D eigenvalue weighted by atomic mass is 9.90. The molecule has 2 rings (SSSR count). The zero-order valence-corrected chi connectivity index (χ0v) is 10.8. The van der Waals surface area contributed by atoms with E-state index in [1.165, 1.54) is 6.08 Å². The molecule has 1 aliphatic rings. The molecule has 0 fully saturated rings. The van der Waals surface area contributed by atoms with Gasteiger partial charge < -0.3 is 10.5 Å². The van der Waals surface area contributed by atoms with Crippen LogP contribution < -0.4 is 10.5 Å². The van der Waals surface area contributed by atoms with Gasteiger partial charge in [-0.05, 0) is 36.3 Å². The van der Waals surface area contributed by atoms with Gasteiger partial charge in [0.2, 0.25) is 0 Å². The topological polar surface area (TPSA) is 35.2 Å². The van der Waals surface area contributed by atoms with E-state index in [-0.39, 0.29) is 17.7 Å². The second kappa shape index (κ2) is 5.44. The van der Waals surface area contributed by atoms with Gasteiger partial charge in [-0.15, -0.1) is 0 Å². The summed E-state index contributed by atoms with van der Waals surface area (Å²) in [6.45, 7) is 2.42. The molecule has 1 aromatic rings. The molecule has 0 heterocycles. The van der Waals surface area contributed by atoms with E-state index in [0.29, 0.717) is 23.1 Å². The summed E-state index contributed by atoms with van der Waals surface area (Å²) < 4.78 is 18.8. The second-order valence-electron chi connectivity index (χ2n) is 4.43. The number of allylic oxidation sites excluding steroid dienone is 3. The van der Waals surface area contributed by atoms with Gasteiger partial charge in [0, 0.05) is 11.6 Å². The maximum Gasteiger partial charge on any atom is 0.138 e. The molecule has 0 amide bonds. The van der Waals surface area contributed by atoms with E-state index in [1.54, 1.807) is 24.3 Å². The minimum Gasteiger partial charge on any atom is -0.491 e. The van der Waals surface area contributed by atoms with Crippen LogP contribution in [0.1, 0.15) is 6.92 Å². The monoisotopic (exact) mass is 267 g/mol. The Morgan fingerprint density at radius 2 is 2.22 bits per heavy atom. The summed E-state index contributed by atoms with van der Waals surface area (Å²) in [5.41, 5.74) is 6.19. The average Bonchev–Trinajstić information content (AvgIpc) is 2.32. The number of rotatable bonds is 3. The lowest BCUT2D eigenvalue weighted by Gasteiger charge is -2.21. The Balaban J connectivity index is 2.01. The third-order valence-electron chi connectivity index (χ3n) is 2.99. The highest BCUT2D eigenvalue weighted by Gasteiger charge is 2.18. The SMILES string of the molecule is CC1C=CC(F)=CC1COc1ccc(N)cc1Cl. The van der Waals surface area contributed by atoms with Crippen molar-refractivity contribution in [1.29, 1.82) is 0 Å². The van der Waals surface area contributed by atoms with Crippen molar-refractivity contribution in [2.24, 2.45) is 11.8 Å². The quantitative estimate of drug-likeness (QED) is 0.841. The van der Waals surface area contributed by atoms with Crippen LogP contribution in [-0.2, 0) is 0 Å². The van der Waals surface area contributed by atoms with Crippen molar-refractivity contribution in [3.63, 3.8) is 0 Å². The molecule has 2 unspecified atom stereocenters. The van der Waals surface area contributed by atoms with E-state index in [2.05, 4.69) is 0 Å². The zero-order valence-electron chi connectivity index (χ0n) is 10.1.